The van der Waals surface area contributed by atoms with Gasteiger partial charge in [0.1, 0.15) is 5.75 Å². The van der Waals surface area contributed by atoms with Crippen LogP contribution < -0.4 is 4.74 Å². The predicted octanol–water partition coefficient (Wildman–Crippen LogP) is 2.88. The van der Waals surface area contributed by atoms with Crippen LogP contribution in [0.5, 0.6) is 5.75 Å². The fourth-order valence-electron chi connectivity index (χ4n) is 2.02. The highest BCUT2D eigenvalue weighted by molar-refractivity contribution is 5.70. The van der Waals surface area contributed by atoms with Gasteiger partial charge in [-0.2, -0.15) is 0 Å². The molecule has 94 valence electrons. The Morgan fingerprint density at radius 2 is 1.94 bits per heavy atom. The number of aliphatic carboxylic acids is 1. The monoisotopic (exact) mass is 236 g/mol. The second kappa shape index (κ2) is 5.21. The quantitative estimate of drug-likeness (QED) is 0.874. The highest BCUT2D eigenvalue weighted by Gasteiger charge is 2.17. The van der Waals surface area contributed by atoms with Gasteiger partial charge in [0.2, 0.25) is 0 Å². The van der Waals surface area contributed by atoms with Crippen LogP contribution in [-0.2, 0) is 11.2 Å². The largest absolute Gasteiger partial charge is 0.496 e. The van der Waals surface area contributed by atoms with Gasteiger partial charge in [-0.1, -0.05) is 6.92 Å². The van der Waals surface area contributed by atoms with E-state index >= 15 is 0 Å². The van der Waals surface area contributed by atoms with Crippen molar-refractivity contribution >= 4 is 5.97 Å². The first-order chi connectivity index (χ1) is 7.88. The average Bonchev–Trinajstić information content (AvgIpc) is 2.28. The first-order valence-electron chi connectivity index (χ1n) is 5.75. The molecular formula is C14H20O3. The van der Waals surface area contributed by atoms with Crippen molar-refractivity contribution in [2.24, 2.45) is 5.92 Å². The van der Waals surface area contributed by atoms with Crippen LogP contribution in [0.15, 0.2) is 6.07 Å². The van der Waals surface area contributed by atoms with Crippen LogP contribution in [0.2, 0.25) is 0 Å². The summed E-state index contributed by atoms with van der Waals surface area (Å²) >= 11 is 0. The third kappa shape index (κ3) is 2.78. The Labute approximate surface area is 102 Å². The van der Waals surface area contributed by atoms with Crippen LogP contribution in [0.4, 0.5) is 0 Å². The molecule has 0 fully saturated rings. The maximum Gasteiger partial charge on any atom is 0.306 e. The van der Waals surface area contributed by atoms with Gasteiger partial charge in [-0.3, -0.25) is 4.79 Å². The van der Waals surface area contributed by atoms with Crippen molar-refractivity contribution < 1.29 is 14.6 Å². The van der Waals surface area contributed by atoms with Crippen molar-refractivity contribution in [3.05, 3.63) is 28.3 Å². The molecule has 0 bridgehead atoms. The Balaban J connectivity index is 3.17. The lowest BCUT2D eigenvalue weighted by Crippen LogP contribution is -2.14. The van der Waals surface area contributed by atoms with Gasteiger partial charge in [0.15, 0.2) is 0 Å². The molecule has 0 aliphatic carbocycles. The van der Waals surface area contributed by atoms with Gasteiger partial charge in [-0.15, -0.1) is 0 Å². The Hall–Kier alpha value is -1.51. The maximum atomic E-state index is 10.9. The number of benzene rings is 1. The van der Waals surface area contributed by atoms with E-state index in [0.29, 0.717) is 6.42 Å². The number of carboxylic acids is 1. The van der Waals surface area contributed by atoms with Gasteiger partial charge in [-0.05, 0) is 55.5 Å². The van der Waals surface area contributed by atoms with Gasteiger partial charge in [0, 0.05) is 0 Å². The summed E-state index contributed by atoms with van der Waals surface area (Å²) in [5, 5.41) is 8.97. The number of aryl methyl sites for hydroxylation is 1. The minimum Gasteiger partial charge on any atom is -0.496 e. The van der Waals surface area contributed by atoms with E-state index in [-0.39, 0.29) is 5.92 Å². The van der Waals surface area contributed by atoms with E-state index in [1.54, 1.807) is 14.0 Å². The molecule has 0 amide bonds. The van der Waals surface area contributed by atoms with Gasteiger partial charge in [0.25, 0.3) is 0 Å². The second-order valence-electron chi connectivity index (χ2n) is 4.57. The number of rotatable bonds is 4. The van der Waals surface area contributed by atoms with Crippen molar-refractivity contribution in [3.63, 3.8) is 0 Å². The maximum absolute atomic E-state index is 10.9. The van der Waals surface area contributed by atoms with Gasteiger partial charge in [-0.25, -0.2) is 0 Å². The molecule has 0 heterocycles. The van der Waals surface area contributed by atoms with E-state index in [9.17, 15) is 4.79 Å². The van der Waals surface area contributed by atoms with Gasteiger partial charge >= 0.3 is 5.97 Å². The number of hydrogen-bond acceptors (Lipinski definition) is 2. The van der Waals surface area contributed by atoms with Gasteiger partial charge in [0.05, 0.1) is 13.0 Å². The SMILES string of the molecule is COc1cc(C)c(CC(C)C(=O)O)c(C)c1C. The smallest absolute Gasteiger partial charge is 0.306 e. The Morgan fingerprint density at radius 1 is 1.35 bits per heavy atom. The topological polar surface area (TPSA) is 46.5 Å². The third-order valence-corrected chi connectivity index (χ3v) is 3.36. The van der Waals surface area contributed by atoms with Crippen LogP contribution in [-0.4, -0.2) is 18.2 Å². The minimum atomic E-state index is -0.753. The molecule has 0 aromatic heterocycles. The summed E-state index contributed by atoms with van der Waals surface area (Å²) in [5.74, 6) is -0.246. The molecule has 0 aliphatic rings. The van der Waals surface area contributed by atoms with E-state index in [0.717, 1.165) is 28.0 Å². The molecule has 3 heteroatoms. The van der Waals surface area contributed by atoms with Gasteiger partial charge < -0.3 is 9.84 Å². The molecule has 0 saturated heterocycles. The molecule has 0 radical (unpaired) electrons. The van der Waals surface area contributed by atoms with Crippen LogP contribution in [0, 0.1) is 26.7 Å². The van der Waals surface area contributed by atoms with Crippen LogP contribution >= 0.6 is 0 Å². The van der Waals surface area contributed by atoms with Crippen molar-refractivity contribution in [1.29, 1.82) is 0 Å². The zero-order valence-electron chi connectivity index (χ0n) is 11.1. The summed E-state index contributed by atoms with van der Waals surface area (Å²) < 4.78 is 5.30. The zero-order chi connectivity index (χ0) is 13.2. The first-order valence-corrected chi connectivity index (χ1v) is 5.75. The first kappa shape index (κ1) is 13.6. The Kier molecular flexibility index (Phi) is 4.16. The fraction of sp³-hybridized carbons (Fsp3) is 0.500. The summed E-state index contributed by atoms with van der Waals surface area (Å²) in [6, 6.07) is 1.98. The molecule has 0 aliphatic heterocycles. The lowest BCUT2D eigenvalue weighted by molar-refractivity contribution is -0.141. The predicted molar refractivity (Wildman–Crippen MR) is 67.7 cm³/mol. The molecule has 1 atom stereocenters. The Morgan fingerprint density at radius 3 is 2.41 bits per heavy atom. The highest BCUT2D eigenvalue weighted by atomic mass is 16.5. The summed E-state index contributed by atoms with van der Waals surface area (Å²) in [4.78, 5) is 10.9. The van der Waals surface area contributed by atoms with Crippen LogP contribution in [0.1, 0.15) is 29.2 Å². The van der Waals surface area contributed by atoms with E-state index < -0.39 is 5.97 Å². The lowest BCUT2D eigenvalue weighted by atomic mass is 9.90. The number of ether oxygens (including phenoxy) is 1. The molecule has 1 aromatic carbocycles. The molecular weight excluding hydrogens is 216 g/mol. The fourth-order valence-corrected chi connectivity index (χ4v) is 2.02. The molecule has 1 rings (SSSR count). The molecule has 1 N–H and O–H groups in total. The normalized spacial score (nSPS) is 12.3. The van der Waals surface area contributed by atoms with E-state index in [4.69, 9.17) is 9.84 Å². The van der Waals surface area contributed by atoms with E-state index in [2.05, 4.69) is 0 Å². The van der Waals surface area contributed by atoms with Crippen molar-refractivity contribution in [3.8, 4) is 5.75 Å². The number of carbonyl (C=O) groups is 1. The van der Waals surface area contributed by atoms with Crippen LogP contribution in [0.25, 0.3) is 0 Å². The van der Waals surface area contributed by atoms with Crippen LogP contribution in [0.3, 0.4) is 0 Å². The number of methoxy groups -OCH3 is 1. The van der Waals surface area contributed by atoms with E-state index in [1.165, 1.54) is 0 Å². The lowest BCUT2D eigenvalue weighted by Gasteiger charge is -2.17. The molecule has 0 spiro atoms. The number of carboxylic acid groups (broad SMARTS) is 1. The molecule has 17 heavy (non-hydrogen) atoms. The summed E-state index contributed by atoms with van der Waals surface area (Å²) in [5.41, 5.74) is 4.44. The zero-order valence-corrected chi connectivity index (χ0v) is 11.1. The van der Waals surface area contributed by atoms with E-state index in [1.807, 2.05) is 26.8 Å². The van der Waals surface area contributed by atoms with Crippen molar-refractivity contribution in [2.45, 2.75) is 34.1 Å². The summed E-state index contributed by atoms with van der Waals surface area (Å²) in [7, 11) is 1.65. The average molecular weight is 236 g/mol. The van der Waals surface area contributed by atoms with Crippen molar-refractivity contribution in [1.82, 2.24) is 0 Å². The second-order valence-corrected chi connectivity index (χ2v) is 4.57. The Bertz CT molecular complexity index is 436. The molecule has 3 nitrogen and oxygen atoms in total. The highest BCUT2D eigenvalue weighted by Crippen LogP contribution is 2.29. The summed E-state index contributed by atoms with van der Waals surface area (Å²) in [6.45, 7) is 7.76. The molecule has 1 unspecified atom stereocenters. The summed E-state index contributed by atoms with van der Waals surface area (Å²) in [6.07, 6.45) is 0.567. The third-order valence-electron chi connectivity index (χ3n) is 3.36. The standard InChI is InChI=1S/C14H20O3/c1-8-7-13(17-5)11(4)10(3)12(8)6-9(2)14(15)16/h7,9H,6H2,1-5H3,(H,15,16). The molecule has 1 aromatic rings. The minimum absolute atomic E-state index is 0.361. The molecule has 0 saturated carbocycles. The van der Waals surface area contributed by atoms with Crippen molar-refractivity contribution in [2.75, 3.05) is 7.11 Å². The number of hydrogen-bond donors (Lipinski definition) is 1.